The highest BCUT2D eigenvalue weighted by Gasteiger charge is 2.13. The molecule has 2 heteroatoms. The fraction of sp³-hybridized carbons (Fsp3) is 0.875. The van der Waals surface area contributed by atoms with Crippen molar-refractivity contribution in [2.75, 3.05) is 0 Å². The van der Waals surface area contributed by atoms with Gasteiger partial charge in [0.15, 0.2) is 0 Å². The van der Waals surface area contributed by atoms with Gasteiger partial charge in [-0.1, -0.05) is 0 Å². The number of ether oxygens (including phenoxy) is 1. The Morgan fingerprint density at radius 1 is 1.50 bits per heavy atom. The minimum Gasteiger partial charge on any atom is -0.372 e. The summed E-state index contributed by atoms with van der Waals surface area (Å²) in [6.45, 7) is 7.84. The van der Waals surface area contributed by atoms with Crippen LogP contribution in [0.5, 0.6) is 0 Å². The Morgan fingerprint density at radius 2 is 2.00 bits per heavy atom. The molecule has 0 saturated heterocycles. The average Bonchev–Trinajstić information content (AvgIpc) is 1.59. The monoisotopic (exact) mass is 144 g/mol. The molecule has 1 atom stereocenters. The summed E-state index contributed by atoms with van der Waals surface area (Å²) in [5.41, 5.74) is -0.136. The molecule has 10 heavy (non-hydrogen) atoms. The predicted molar refractivity (Wildman–Crippen MR) is 41.0 cm³/mol. The van der Waals surface area contributed by atoms with Gasteiger partial charge in [0.2, 0.25) is 0 Å². The quantitative estimate of drug-likeness (QED) is 0.564. The Balaban J connectivity index is 3.56. The summed E-state index contributed by atoms with van der Waals surface area (Å²) < 4.78 is 5.45. The summed E-state index contributed by atoms with van der Waals surface area (Å²) >= 11 is 0. The van der Waals surface area contributed by atoms with Gasteiger partial charge >= 0.3 is 0 Å². The molecule has 2 nitrogen and oxygen atoms in total. The summed E-state index contributed by atoms with van der Waals surface area (Å²) in [6.07, 6.45) is 1.41. The Morgan fingerprint density at radius 3 is 2.30 bits per heavy atom. The van der Waals surface area contributed by atoms with Gasteiger partial charge in [-0.05, 0) is 27.7 Å². The molecule has 0 aliphatic carbocycles. The fourth-order valence-corrected chi connectivity index (χ4v) is 0.787. The SMILES string of the molecule is C[C@@H](CC=O)OC(C)(C)C. The van der Waals surface area contributed by atoms with E-state index in [1.54, 1.807) is 0 Å². The molecule has 0 unspecified atom stereocenters. The molecular weight excluding hydrogens is 128 g/mol. The van der Waals surface area contributed by atoms with Crippen LogP contribution in [0.1, 0.15) is 34.1 Å². The molecular formula is C8H16O2. The van der Waals surface area contributed by atoms with Crippen molar-refractivity contribution in [3.05, 3.63) is 0 Å². The van der Waals surface area contributed by atoms with Crippen molar-refractivity contribution >= 4 is 6.29 Å². The zero-order chi connectivity index (χ0) is 8.20. The second kappa shape index (κ2) is 3.71. The van der Waals surface area contributed by atoms with Gasteiger partial charge in [0.1, 0.15) is 6.29 Å². The Bertz CT molecular complexity index is 102. The minimum atomic E-state index is -0.136. The highest BCUT2D eigenvalue weighted by atomic mass is 16.5. The van der Waals surface area contributed by atoms with Gasteiger partial charge in [-0.25, -0.2) is 0 Å². The zero-order valence-corrected chi connectivity index (χ0v) is 7.18. The average molecular weight is 144 g/mol. The van der Waals surface area contributed by atoms with E-state index in [-0.39, 0.29) is 11.7 Å². The number of hydrogen-bond donors (Lipinski definition) is 0. The van der Waals surface area contributed by atoms with Crippen molar-refractivity contribution in [2.45, 2.75) is 45.8 Å². The van der Waals surface area contributed by atoms with E-state index in [0.717, 1.165) is 6.29 Å². The number of hydrogen-bond acceptors (Lipinski definition) is 2. The first kappa shape index (κ1) is 9.63. The second-order valence-electron chi connectivity index (χ2n) is 3.44. The summed E-state index contributed by atoms with van der Waals surface area (Å²) in [7, 11) is 0. The topological polar surface area (TPSA) is 26.3 Å². The molecule has 0 spiro atoms. The summed E-state index contributed by atoms with van der Waals surface area (Å²) in [6, 6.07) is 0. The van der Waals surface area contributed by atoms with Crippen LogP contribution in [0.25, 0.3) is 0 Å². The van der Waals surface area contributed by atoms with Crippen LogP contribution >= 0.6 is 0 Å². The normalized spacial score (nSPS) is 14.8. The molecule has 0 fully saturated rings. The molecule has 0 heterocycles. The molecule has 0 amide bonds. The Labute approximate surface area is 62.6 Å². The highest BCUT2D eigenvalue weighted by molar-refractivity contribution is 5.49. The smallest absolute Gasteiger partial charge is 0.122 e. The zero-order valence-electron chi connectivity index (χ0n) is 7.18. The molecule has 0 saturated carbocycles. The van der Waals surface area contributed by atoms with E-state index in [2.05, 4.69) is 0 Å². The van der Waals surface area contributed by atoms with Gasteiger partial charge in [-0.15, -0.1) is 0 Å². The van der Waals surface area contributed by atoms with Gasteiger partial charge in [0, 0.05) is 6.42 Å². The van der Waals surface area contributed by atoms with Crippen molar-refractivity contribution in [3.8, 4) is 0 Å². The van der Waals surface area contributed by atoms with Crippen molar-refractivity contribution in [1.29, 1.82) is 0 Å². The summed E-state index contributed by atoms with van der Waals surface area (Å²) in [5, 5.41) is 0. The molecule has 0 aliphatic rings. The van der Waals surface area contributed by atoms with E-state index in [4.69, 9.17) is 4.74 Å². The molecule has 60 valence electrons. The summed E-state index contributed by atoms with van der Waals surface area (Å²) in [5.74, 6) is 0. The third kappa shape index (κ3) is 5.76. The first-order valence-corrected chi connectivity index (χ1v) is 3.57. The van der Waals surface area contributed by atoms with Gasteiger partial charge in [-0.3, -0.25) is 0 Å². The van der Waals surface area contributed by atoms with E-state index < -0.39 is 0 Å². The van der Waals surface area contributed by atoms with E-state index >= 15 is 0 Å². The standard InChI is InChI=1S/C8H16O2/c1-7(5-6-9)10-8(2,3)4/h6-7H,5H2,1-4H3/t7-/m0/s1. The van der Waals surface area contributed by atoms with Crippen LogP contribution in [0.3, 0.4) is 0 Å². The van der Waals surface area contributed by atoms with Crippen LogP contribution in [-0.4, -0.2) is 18.0 Å². The molecule has 0 aromatic heterocycles. The number of rotatable bonds is 3. The van der Waals surface area contributed by atoms with Crippen molar-refractivity contribution < 1.29 is 9.53 Å². The lowest BCUT2D eigenvalue weighted by molar-refractivity contribution is -0.113. The first-order valence-electron chi connectivity index (χ1n) is 3.57. The lowest BCUT2D eigenvalue weighted by Crippen LogP contribution is -2.25. The van der Waals surface area contributed by atoms with Crippen LogP contribution < -0.4 is 0 Å². The molecule has 0 bridgehead atoms. The maximum atomic E-state index is 10.0. The van der Waals surface area contributed by atoms with E-state index in [0.29, 0.717) is 6.42 Å². The Hall–Kier alpha value is -0.370. The number of aldehydes is 1. The van der Waals surface area contributed by atoms with Gasteiger partial charge in [0.25, 0.3) is 0 Å². The minimum absolute atomic E-state index is 0.0394. The largest absolute Gasteiger partial charge is 0.372 e. The van der Waals surface area contributed by atoms with E-state index in [1.165, 1.54) is 0 Å². The molecule has 0 rings (SSSR count). The maximum absolute atomic E-state index is 10.0. The van der Waals surface area contributed by atoms with Crippen LogP contribution in [0, 0.1) is 0 Å². The molecule has 0 radical (unpaired) electrons. The first-order chi connectivity index (χ1) is 4.45. The van der Waals surface area contributed by atoms with Crippen LogP contribution in [0.15, 0.2) is 0 Å². The third-order valence-corrected chi connectivity index (χ3v) is 0.983. The lowest BCUT2D eigenvalue weighted by Gasteiger charge is -2.23. The molecule has 0 aliphatic heterocycles. The van der Waals surface area contributed by atoms with Crippen LogP contribution in [-0.2, 0) is 9.53 Å². The third-order valence-electron chi connectivity index (χ3n) is 0.983. The molecule has 0 aromatic rings. The molecule has 0 aromatic carbocycles. The summed E-state index contributed by atoms with van der Waals surface area (Å²) in [4.78, 5) is 10.0. The Kier molecular flexibility index (Phi) is 3.58. The fourth-order valence-electron chi connectivity index (χ4n) is 0.787. The maximum Gasteiger partial charge on any atom is 0.122 e. The van der Waals surface area contributed by atoms with Gasteiger partial charge < -0.3 is 9.53 Å². The van der Waals surface area contributed by atoms with Crippen LogP contribution in [0.2, 0.25) is 0 Å². The van der Waals surface area contributed by atoms with Crippen molar-refractivity contribution in [3.63, 3.8) is 0 Å². The predicted octanol–water partition coefficient (Wildman–Crippen LogP) is 1.78. The lowest BCUT2D eigenvalue weighted by atomic mass is 10.2. The van der Waals surface area contributed by atoms with E-state index in [9.17, 15) is 4.79 Å². The van der Waals surface area contributed by atoms with Crippen LogP contribution in [0.4, 0.5) is 0 Å². The highest BCUT2D eigenvalue weighted by Crippen LogP contribution is 2.11. The number of carbonyl (C=O) groups excluding carboxylic acids is 1. The van der Waals surface area contributed by atoms with Crippen molar-refractivity contribution in [1.82, 2.24) is 0 Å². The van der Waals surface area contributed by atoms with Crippen molar-refractivity contribution in [2.24, 2.45) is 0 Å². The van der Waals surface area contributed by atoms with E-state index in [1.807, 2.05) is 27.7 Å². The van der Waals surface area contributed by atoms with Gasteiger partial charge in [0.05, 0.1) is 11.7 Å². The number of carbonyl (C=O) groups is 1. The molecule has 0 N–H and O–H groups in total. The second-order valence-corrected chi connectivity index (χ2v) is 3.44. The van der Waals surface area contributed by atoms with Gasteiger partial charge in [-0.2, -0.15) is 0 Å².